The number of halogens is 2. The van der Waals surface area contributed by atoms with Crippen LogP contribution in [0, 0.1) is 0 Å². The lowest BCUT2D eigenvalue weighted by Crippen LogP contribution is -2.35. The number of benzene rings is 1. The van der Waals surface area contributed by atoms with Crippen LogP contribution in [-0.2, 0) is 0 Å². The van der Waals surface area contributed by atoms with E-state index in [4.69, 9.17) is 16.3 Å². The van der Waals surface area contributed by atoms with Crippen molar-refractivity contribution in [2.45, 2.75) is 18.9 Å². The van der Waals surface area contributed by atoms with Crippen molar-refractivity contribution < 1.29 is 4.74 Å². The molecule has 88 valence electrons. The summed E-state index contributed by atoms with van der Waals surface area (Å²) in [5, 5.41) is 0.699. The zero-order valence-corrected chi connectivity index (χ0v) is 11.6. The van der Waals surface area contributed by atoms with Gasteiger partial charge < -0.3 is 9.64 Å². The first-order chi connectivity index (χ1) is 7.65. The Bertz CT molecular complexity index is 364. The molecule has 1 aliphatic heterocycles. The summed E-state index contributed by atoms with van der Waals surface area (Å²) in [7, 11) is 2.15. The highest BCUT2D eigenvalue weighted by atomic mass is 79.9. The quantitative estimate of drug-likeness (QED) is 0.828. The van der Waals surface area contributed by atoms with Gasteiger partial charge >= 0.3 is 0 Å². The highest BCUT2D eigenvalue weighted by Crippen LogP contribution is 2.28. The van der Waals surface area contributed by atoms with Gasteiger partial charge in [-0.1, -0.05) is 11.6 Å². The first kappa shape index (κ1) is 12.2. The zero-order chi connectivity index (χ0) is 11.5. The van der Waals surface area contributed by atoms with Gasteiger partial charge in [0.25, 0.3) is 0 Å². The van der Waals surface area contributed by atoms with E-state index in [0.29, 0.717) is 11.1 Å². The summed E-state index contributed by atoms with van der Waals surface area (Å²) in [5.74, 6) is 0.864. The molecule has 0 bridgehead atoms. The molecule has 1 saturated heterocycles. The summed E-state index contributed by atoms with van der Waals surface area (Å²) in [5.41, 5.74) is 0. The van der Waals surface area contributed by atoms with Crippen LogP contribution in [0.1, 0.15) is 12.8 Å². The van der Waals surface area contributed by atoms with Gasteiger partial charge in [-0.25, -0.2) is 0 Å². The molecule has 0 saturated carbocycles. The molecule has 0 N–H and O–H groups in total. The molecule has 16 heavy (non-hydrogen) atoms. The van der Waals surface area contributed by atoms with E-state index in [1.807, 2.05) is 18.2 Å². The molecule has 2 nitrogen and oxygen atoms in total. The van der Waals surface area contributed by atoms with Crippen molar-refractivity contribution in [3.05, 3.63) is 27.7 Å². The Labute approximate surface area is 110 Å². The van der Waals surface area contributed by atoms with Crippen molar-refractivity contribution in [3.63, 3.8) is 0 Å². The van der Waals surface area contributed by atoms with Crippen LogP contribution in [0.15, 0.2) is 22.7 Å². The standard InChI is InChI=1S/C12H15BrClNO/c1-15-6-4-9(5-7-15)16-10-2-3-11(13)12(14)8-10/h2-3,8-9H,4-7H2,1H3. The molecular formula is C12H15BrClNO. The van der Waals surface area contributed by atoms with E-state index in [2.05, 4.69) is 27.9 Å². The van der Waals surface area contributed by atoms with Crippen LogP contribution in [0.25, 0.3) is 0 Å². The average Bonchev–Trinajstić information content (AvgIpc) is 2.27. The second-order valence-corrected chi connectivity index (χ2v) is 5.46. The van der Waals surface area contributed by atoms with Crippen molar-refractivity contribution in [1.29, 1.82) is 0 Å². The fourth-order valence-electron chi connectivity index (χ4n) is 1.85. The van der Waals surface area contributed by atoms with Gasteiger partial charge in [0.05, 0.1) is 5.02 Å². The third-order valence-corrected chi connectivity index (χ3v) is 4.09. The van der Waals surface area contributed by atoms with Crippen LogP contribution in [0.3, 0.4) is 0 Å². The van der Waals surface area contributed by atoms with E-state index in [1.165, 1.54) is 0 Å². The Morgan fingerprint density at radius 3 is 2.69 bits per heavy atom. The molecule has 0 radical (unpaired) electrons. The van der Waals surface area contributed by atoms with E-state index in [0.717, 1.165) is 36.2 Å². The molecule has 0 aliphatic carbocycles. The number of likely N-dealkylation sites (tertiary alicyclic amines) is 1. The van der Waals surface area contributed by atoms with Crippen molar-refractivity contribution in [3.8, 4) is 5.75 Å². The Hall–Kier alpha value is -0.250. The van der Waals surface area contributed by atoms with Crippen molar-refractivity contribution in [2.75, 3.05) is 20.1 Å². The van der Waals surface area contributed by atoms with Crippen LogP contribution in [0.4, 0.5) is 0 Å². The van der Waals surface area contributed by atoms with E-state index in [9.17, 15) is 0 Å². The maximum absolute atomic E-state index is 6.02. The fourth-order valence-corrected chi connectivity index (χ4v) is 2.26. The van der Waals surface area contributed by atoms with Gasteiger partial charge in [0.2, 0.25) is 0 Å². The fraction of sp³-hybridized carbons (Fsp3) is 0.500. The monoisotopic (exact) mass is 303 g/mol. The molecule has 0 unspecified atom stereocenters. The highest BCUT2D eigenvalue weighted by molar-refractivity contribution is 9.10. The second-order valence-electron chi connectivity index (χ2n) is 4.20. The van der Waals surface area contributed by atoms with Crippen LogP contribution in [-0.4, -0.2) is 31.1 Å². The number of nitrogens with zero attached hydrogens (tertiary/aromatic N) is 1. The van der Waals surface area contributed by atoms with Crippen molar-refractivity contribution >= 4 is 27.5 Å². The van der Waals surface area contributed by atoms with E-state index < -0.39 is 0 Å². The topological polar surface area (TPSA) is 12.5 Å². The average molecular weight is 305 g/mol. The smallest absolute Gasteiger partial charge is 0.121 e. The molecule has 1 heterocycles. The largest absolute Gasteiger partial charge is 0.490 e. The first-order valence-electron chi connectivity index (χ1n) is 5.45. The van der Waals surface area contributed by atoms with E-state index in [1.54, 1.807) is 0 Å². The third kappa shape index (κ3) is 3.12. The second kappa shape index (κ2) is 5.39. The molecule has 1 aromatic carbocycles. The predicted octanol–water partition coefficient (Wildman–Crippen LogP) is 3.58. The zero-order valence-electron chi connectivity index (χ0n) is 9.25. The van der Waals surface area contributed by atoms with Gasteiger partial charge in [-0.15, -0.1) is 0 Å². The maximum atomic E-state index is 6.02. The normalized spacial score (nSPS) is 18.7. The Balaban J connectivity index is 1.96. The lowest BCUT2D eigenvalue weighted by molar-refractivity contribution is 0.114. The minimum Gasteiger partial charge on any atom is -0.490 e. The van der Waals surface area contributed by atoms with E-state index >= 15 is 0 Å². The summed E-state index contributed by atoms with van der Waals surface area (Å²) >= 11 is 9.39. The van der Waals surface area contributed by atoms with Gasteiger partial charge in [0, 0.05) is 17.6 Å². The Morgan fingerprint density at radius 1 is 1.38 bits per heavy atom. The van der Waals surface area contributed by atoms with Gasteiger partial charge in [-0.2, -0.15) is 0 Å². The Kier molecular flexibility index (Phi) is 4.11. The minimum absolute atomic E-state index is 0.327. The summed E-state index contributed by atoms with van der Waals surface area (Å²) < 4.78 is 6.81. The van der Waals surface area contributed by atoms with Crippen LogP contribution in [0.5, 0.6) is 5.75 Å². The number of hydrogen-bond donors (Lipinski definition) is 0. The van der Waals surface area contributed by atoms with Gasteiger partial charge in [0.15, 0.2) is 0 Å². The predicted molar refractivity (Wildman–Crippen MR) is 70.3 cm³/mol. The number of piperidine rings is 1. The molecule has 2 rings (SSSR count). The molecule has 0 aromatic heterocycles. The van der Waals surface area contributed by atoms with Gasteiger partial charge in [0.1, 0.15) is 11.9 Å². The summed E-state index contributed by atoms with van der Waals surface area (Å²) in [6.07, 6.45) is 2.50. The minimum atomic E-state index is 0.327. The molecule has 0 atom stereocenters. The van der Waals surface area contributed by atoms with Crippen molar-refractivity contribution in [2.24, 2.45) is 0 Å². The first-order valence-corrected chi connectivity index (χ1v) is 6.62. The van der Waals surface area contributed by atoms with E-state index in [-0.39, 0.29) is 0 Å². The molecule has 0 amide bonds. The van der Waals surface area contributed by atoms with Gasteiger partial charge in [-0.05, 0) is 54.0 Å². The van der Waals surface area contributed by atoms with Crippen molar-refractivity contribution in [1.82, 2.24) is 4.90 Å². The summed E-state index contributed by atoms with van der Waals surface area (Å²) in [6.45, 7) is 2.21. The summed E-state index contributed by atoms with van der Waals surface area (Å²) in [4.78, 5) is 2.33. The maximum Gasteiger partial charge on any atom is 0.121 e. The van der Waals surface area contributed by atoms with Crippen LogP contribution < -0.4 is 4.74 Å². The molecule has 4 heteroatoms. The van der Waals surface area contributed by atoms with Crippen LogP contribution in [0.2, 0.25) is 5.02 Å². The highest BCUT2D eigenvalue weighted by Gasteiger charge is 2.18. The van der Waals surface area contributed by atoms with Crippen LogP contribution >= 0.6 is 27.5 Å². The molecule has 0 spiro atoms. The number of hydrogen-bond acceptors (Lipinski definition) is 2. The number of ether oxygens (including phenoxy) is 1. The molecule has 1 fully saturated rings. The summed E-state index contributed by atoms with van der Waals surface area (Å²) in [6, 6.07) is 5.74. The SMILES string of the molecule is CN1CCC(Oc2ccc(Br)c(Cl)c2)CC1. The third-order valence-electron chi connectivity index (χ3n) is 2.86. The molecule has 1 aromatic rings. The lowest BCUT2D eigenvalue weighted by Gasteiger charge is -2.29. The molecule has 1 aliphatic rings. The lowest BCUT2D eigenvalue weighted by atomic mass is 10.1. The van der Waals surface area contributed by atoms with Gasteiger partial charge in [-0.3, -0.25) is 0 Å². The number of rotatable bonds is 2. The Morgan fingerprint density at radius 2 is 2.06 bits per heavy atom. The molecular weight excluding hydrogens is 289 g/mol.